The number of rotatable bonds is 8. The molecule has 2 aromatic heterocycles. The average Bonchev–Trinajstić information content (AvgIpc) is 3.05. The second-order valence-electron chi connectivity index (χ2n) is 4.55. The molecule has 3 heteroatoms. The maximum atomic E-state index is 5.40. The number of hydrogen-bond donors (Lipinski definition) is 1. The van der Waals surface area contributed by atoms with E-state index in [-0.39, 0.29) is 0 Å². The molecule has 0 saturated carbocycles. The van der Waals surface area contributed by atoms with Gasteiger partial charge in [-0.2, -0.15) is 0 Å². The van der Waals surface area contributed by atoms with Crippen LogP contribution in [0.2, 0.25) is 0 Å². The predicted octanol–water partition coefficient (Wildman–Crippen LogP) is 3.88. The van der Waals surface area contributed by atoms with Gasteiger partial charge >= 0.3 is 0 Å². The summed E-state index contributed by atoms with van der Waals surface area (Å²) < 4.78 is 5.40. The van der Waals surface area contributed by atoms with Crippen molar-refractivity contribution in [3.05, 3.63) is 46.5 Å². The summed E-state index contributed by atoms with van der Waals surface area (Å²) in [4.78, 5) is 1.46. The first-order valence-electron chi connectivity index (χ1n) is 6.66. The third-order valence-corrected chi connectivity index (χ3v) is 3.93. The zero-order valence-corrected chi connectivity index (χ0v) is 11.7. The van der Waals surface area contributed by atoms with Crippen LogP contribution in [0.4, 0.5) is 0 Å². The van der Waals surface area contributed by atoms with Gasteiger partial charge in [-0.25, -0.2) is 0 Å². The molecule has 0 bridgehead atoms. The van der Waals surface area contributed by atoms with Crippen molar-refractivity contribution < 1.29 is 4.42 Å². The van der Waals surface area contributed by atoms with Crippen molar-refractivity contribution in [3.63, 3.8) is 0 Å². The van der Waals surface area contributed by atoms with E-state index in [0.717, 1.165) is 31.6 Å². The van der Waals surface area contributed by atoms with E-state index in [1.807, 2.05) is 17.4 Å². The maximum Gasteiger partial charge on any atom is 0.103 e. The van der Waals surface area contributed by atoms with E-state index in [4.69, 9.17) is 4.42 Å². The molecule has 2 aromatic rings. The first-order chi connectivity index (χ1) is 8.88. The number of aryl methyl sites for hydroxylation is 1. The van der Waals surface area contributed by atoms with E-state index in [1.54, 1.807) is 6.26 Å². The standard InChI is InChI=1S/C15H21NOS/c1-2-9-16-13(12-15-6-4-11-18-15)7-8-14-5-3-10-17-14/h3-6,10-11,13,16H,2,7-9,12H2,1H3. The smallest absolute Gasteiger partial charge is 0.103 e. The highest BCUT2D eigenvalue weighted by Gasteiger charge is 2.10. The molecule has 0 saturated heterocycles. The Morgan fingerprint density at radius 3 is 2.94 bits per heavy atom. The minimum atomic E-state index is 0.550. The Morgan fingerprint density at radius 1 is 1.33 bits per heavy atom. The van der Waals surface area contributed by atoms with Crippen molar-refractivity contribution in [1.82, 2.24) is 5.32 Å². The SMILES string of the molecule is CCCNC(CCc1ccco1)Cc1cccs1. The molecule has 0 amide bonds. The normalized spacial score (nSPS) is 12.7. The first-order valence-corrected chi connectivity index (χ1v) is 7.54. The Kier molecular flexibility index (Phi) is 5.49. The highest BCUT2D eigenvalue weighted by Crippen LogP contribution is 2.14. The molecule has 98 valence electrons. The summed E-state index contributed by atoms with van der Waals surface area (Å²) in [6.07, 6.45) is 6.20. The molecule has 0 aliphatic carbocycles. The van der Waals surface area contributed by atoms with Crippen LogP contribution in [0.3, 0.4) is 0 Å². The molecule has 2 nitrogen and oxygen atoms in total. The van der Waals surface area contributed by atoms with Crippen molar-refractivity contribution >= 4 is 11.3 Å². The van der Waals surface area contributed by atoms with Crippen LogP contribution in [0, 0.1) is 0 Å². The maximum absolute atomic E-state index is 5.40. The second-order valence-corrected chi connectivity index (χ2v) is 5.58. The van der Waals surface area contributed by atoms with Crippen LogP contribution in [0.25, 0.3) is 0 Å². The van der Waals surface area contributed by atoms with Crippen molar-refractivity contribution in [2.45, 2.75) is 38.6 Å². The van der Waals surface area contributed by atoms with E-state index in [1.165, 1.54) is 11.3 Å². The molecular weight excluding hydrogens is 242 g/mol. The lowest BCUT2D eigenvalue weighted by molar-refractivity contribution is 0.442. The predicted molar refractivity (Wildman–Crippen MR) is 77.1 cm³/mol. The first kappa shape index (κ1) is 13.4. The van der Waals surface area contributed by atoms with Crippen LogP contribution in [0.15, 0.2) is 40.3 Å². The summed E-state index contributed by atoms with van der Waals surface area (Å²) in [5.41, 5.74) is 0. The third kappa shape index (κ3) is 4.31. The van der Waals surface area contributed by atoms with Gasteiger partial charge in [0.15, 0.2) is 0 Å². The molecule has 2 heterocycles. The lowest BCUT2D eigenvalue weighted by Crippen LogP contribution is -2.32. The van der Waals surface area contributed by atoms with Gasteiger partial charge in [-0.15, -0.1) is 11.3 Å². The summed E-state index contributed by atoms with van der Waals surface area (Å²) in [6.45, 7) is 3.30. The summed E-state index contributed by atoms with van der Waals surface area (Å²) in [5.74, 6) is 1.09. The summed E-state index contributed by atoms with van der Waals surface area (Å²) in [6, 6.07) is 8.92. The summed E-state index contributed by atoms with van der Waals surface area (Å²) >= 11 is 1.84. The molecule has 0 fully saturated rings. The Hall–Kier alpha value is -1.06. The molecular formula is C15H21NOS. The molecule has 0 spiro atoms. The van der Waals surface area contributed by atoms with Gasteiger partial charge in [0.25, 0.3) is 0 Å². The van der Waals surface area contributed by atoms with Gasteiger partial charge in [0.05, 0.1) is 6.26 Å². The molecule has 18 heavy (non-hydrogen) atoms. The van der Waals surface area contributed by atoms with Gasteiger partial charge in [0.1, 0.15) is 5.76 Å². The zero-order chi connectivity index (χ0) is 12.6. The molecule has 0 radical (unpaired) electrons. The molecule has 0 aliphatic heterocycles. The van der Waals surface area contributed by atoms with Gasteiger partial charge in [-0.1, -0.05) is 13.0 Å². The lowest BCUT2D eigenvalue weighted by Gasteiger charge is -2.17. The second kappa shape index (κ2) is 7.39. The Bertz CT molecular complexity index is 408. The van der Waals surface area contributed by atoms with Crippen LogP contribution in [-0.2, 0) is 12.8 Å². The van der Waals surface area contributed by atoms with E-state index in [0.29, 0.717) is 6.04 Å². The average molecular weight is 263 g/mol. The van der Waals surface area contributed by atoms with Gasteiger partial charge in [0, 0.05) is 17.3 Å². The van der Waals surface area contributed by atoms with E-state index < -0.39 is 0 Å². The fourth-order valence-electron chi connectivity index (χ4n) is 2.07. The van der Waals surface area contributed by atoms with Gasteiger partial charge in [-0.05, 0) is 49.4 Å². The number of hydrogen-bond acceptors (Lipinski definition) is 3. The fourth-order valence-corrected chi connectivity index (χ4v) is 2.85. The largest absolute Gasteiger partial charge is 0.469 e. The van der Waals surface area contributed by atoms with Crippen molar-refractivity contribution in [2.24, 2.45) is 0 Å². The van der Waals surface area contributed by atoms with Crippen LogP contribution < -0.4 is 5.32 Å². The molecule has 0 aromatic carbocycles. The van der Waals surface area contributed by atoms with E-state index in [2.05, 4.69) is 35.8 Å². The Labute approximate surface area is 113 Å². The quantitative estimate of drug-likeness (QED) is 0.781. The van der Waals surface area contributed by atoms with E-state index in [9.17, 15) is 0 Å². The van der Waals surface area contributed by atoms with Crippen LogP contribution in [0.5, 0.6) is 0 Å². The van der Waals surface area contributed by atoms with Crippen molar-refractivity contribution in [3.8, 4) is 0 Å². The highest BCUT2D eigenvalue weighted by atomic mass is 32.1. The summed E-state index contributed by atoms with van der Waals surface area (Å²) in [5, 5.41) is 5.79. The fraction of sp³-hybridized carbons (Fsp3) is 0.467. The van der Waals surface area contributed by atoms with Gasteiger partial charge in [0.2, 0.25) is 0 Å². The van der Waals surface area contributed by atoms with Gasteiger partial charge < -0.3 is 9.73 Å². The van der Waals surface area contributed by atoms with Crippen molar-refractivity contribution in [2.75, 3.05) is 6.54 Å². The minimum absolute atomic E-state index is 0.550. The van der Waals surface area contributed by atoms with Crippen LogP contribution >= 0.6 is 11.3 Å². The number of nitrogens with one attached hydrogen (secondary N) is 1. The van der Waals surface area contributed by atoms with Gasteiger partial charge in [-0.3, -0.25) is 0 Å². The number of thiophene rings is 1. The Balaban J connectivity index is 1.84. The molecule has 1 atom stereocenters. The minimum Gasteiger partial charge on any atom is -0.469 e. The zero-order valence-electron chi connectivity index (χ0n) is 10.9. The van der Waals surface area contributed by atoms with Crippen LogP contribution in [0.1, 0.15) is 30.4 Å². The molecule has 0 aliphatic rings. The molecule has 1 unspecified atom stereocenters. The van der Waals surface area contributed by atoms with E-state index >= 15 is 0 Å². The van der Waals surface area contributed by atoms with Crippen molar-refractivity contribution in [1.29, 1.82) is 0 Å². The lowest BCUT2D eigenvalue weighted by atomic mass is 10.1. The molecule has 2 rings (SSSR count). The van der Waals surface area contributed by atoms with Crippen LogP contribution in [-0.4, -0.2) is 12.6 Å². The topological polar surface area (TPSA) is 25.2 Å². The third-order valence-electron chi connectivity index (χ3n) is 3.03. The number of furan rings is 1. The highest BCUT2D eigenvalue weighted by molar-refractivity contribution is 7.09. The monoisotopic (exact) mass is 263 g/mol. The Morgan fingerprint density at radius 2 is 2.28 bits per heavy atom. The summed E-state index contributed by atoms with van der Waals surface area (Å²) in [7, 11) is 0. The molecule has 1 N–H and O–H groups in total.